The van der Waals surface area contributed by atoms with E-state index in [2.05, 4.69) is 171 Å². The Balaban J connectivity index is 0.000000194. The summed E-state index contributed by atoms with van der Waals surface area (Å²) in [5.41, 5.74) is 13.6. The van der Waals surface area contributed by atoms with E-state index in [0.29, 0.717) is 39.9 Å². The Morgan fingerprint density at radius 2 is 1.12 bits per heavy atom. The largest absolute Gasteiger partial charge is 0.361 e. The lowest BCUT2D eigenvalue weighted by Gasteiger charge is -2.23. The van der Waals surface area contributed by atoms with Crippen LogP contribution in [0.4, 0.5) is 0 Å². The van der Waals surface area contributed by atoms with E-state index in [9.17, 15) is 0 Å². The summed E-state index contributed by atoms with van der Waals surface area (Å²) in [6.45, 7) is 29.4. The van der Waals surface area contributed by atoms with E-state index in [-0.39, 0.29) is 0 Å². The van der Waals surface area contributed by atoms with Crippen molar-refractivity contribution in [1.82, 2.24) is 24.1 Å². The van der Waals surface area contributed by atoms with E-state index in [1.54, 1.807) is 0 Å². The molecule has 8 rings (SSSR count). The second-order valence-electron chi connectivity index (χ2n) is 19.6. The molecule has 6 heterocycles. The predicted molar refractivity (Wildman–Crippen MR) is 282 cm³/mol. The Morgan fingerprint density at radius 1 is 0.662 bits per heavy atom. The molecule has 2 aliphatic rings. The average molecular weight is 1160 g/mol. The monoisotopic (exact) mass is 1160 g/mol. The Bertz CT molecular complexity index is 2610. The van der Waals surface area contributed by atoms with E-state index >= 15 is 0 Å². The van der Waals surface area contributed by atoms with Crippen molar-refractivity contribution in [3.8, 4) is 22.5 Å². The van der Waals surface area contributed by atoms with Crippen molar-refractivity contribution in [1.29, 1.82) is 0 Å². The molecule has 0 N–H and O–H groups in total. The van der Waals surface area contributed by atoms with Gasteiger partial charge >= 0.3 is 0 Å². The number of ether oxygens (including phenoxy) is 6. The highest BCUT2D eigenvalue weighted by Gasteiger charge is 2.34. The summed E-state index contributed by atoms with van der Waals surface area (Å²) >= 11 is 9.55. The van der Waals surface area contributed by atoms with Gasteiger partial charge in [-0.3, -0.25) is 4.57 Å². The van der Waals surface area contributed by atoms with Crippen molar-refractivity contribution in [3.63, 3.8) is 0 Å². The molecule has 0 unspecified atom stereocenters. The molecule has 350 valence electrons. The highest BCUT2D eigenvalue weighted by Crippen LogP contribution is 2.39. The Hall–Kier alpha value is -2.37. The third kappa shape index (κ3) is 11.6. The molecule has 2 fully saturated rings. The van der Waals surface area contributed by atoms with Gasteiger partial charge < -0.3 is 33.0 Å². The molecule has 65 heavy (non-hydrogen) atoms. The number of fused-ring (bicyclic) bond motifs is 2. The van der Waals surface area contributed by atoms with E-state index in [1.165, 1.54) is 11.3 Å². The second-order valence-corrected chi connectivity index (χ2v) is 33.4. The molecule has 11 nitrogen and oxygen atoms in total. The quantitative estimate of drug-likeness (QED) is 0.0430. The maximum absolute atomic E-state index is 6.23. The number of pyridine rings is 1. The van der Waals surface area contributed by atoms with E-state index in [4.69, 9.17) is 43.4 Å². The van der Waals surface area contributed by atoms with Crippen LogP contribution in [0.25, 0.3) is 44.7 Å². The molecule has 4 aromatic heterocycles. The first-order valence-electron chi connectivity index (χ1n) is 22.5. The highest BCUT2D eigenvalue weighted by molar-refractivity contribution is 14.1. The molecule has 0 aliphatic carbocycles. The second kappa shape index (κ2) is 20.7. The summed E-state index contributed by atoms with van der Waals surface area (Å²) in [4.78, 5) is 14.5. The van der Waals surface area contributed by atoms with Crippen LogP contribution in [0.3, 0.4) is 0 Å². The van der Waals surface area contributed by atoms with Gasteiger partial charge in [-0.05, 0) is 123 Å². The van der Waals surface area contributed by atoms with Crippen molar-refractivity contribution in [2.75, 3.05) is 39.6 Å². The molecular formula is C49H64Br2IN5O6Si2. The summed E-state index contributed by atoms with van der Waals surface area (Å²) in [7, 11) is -2.31. The molecule has 16 heteroatoms. The van der Waals surface area contributed by atoms with Crippen molar-refractivity contribution < 1.29 is 28.4 Å². The van der Waals surface area contributed by atoms with Crippen LogP contribution in [0.1, 0.15) is 48.7 Å². The lowest BCUT2D eigenvalue weighted by molar-refractivity contribution is -0.150. The predicted octanol–water partition coefficient (Wildman–Crippen LogP) is 13.2. The molecule has 6 aromatic rings. The van der Waals surface area contributed by atoms with Gasteiger partial charge in [0.2, 0.25) is 0 Å². The number of rotatable bonds is 15. The first-order chi connectivity index (χ1) is 30.7. The minimum atomic E-state index is -1.16. The van der Waals surface area contributed by atoms with Gasteiger partial charge in [0.25, 0.3) is 0 Å². The Labute approximate surface area is 417 Å². The van der Waals surface area contributed by atoms with Crippen molar-refractivity contribution >= 4 is 92.8 Å². The molecule has 0 saturated carbocycles. The molecule has 2 saturated heterocycles. The Morgan fingerprint density at radius 3 is 1.60 bits per heavy atom. The zero-order chi connectivity index (χ0) is 46.9. The van der Waals surface area contributed by atoms with Gasteiger partial charge in [-0.1, -0.05) is 94.7 Å². The molecule has 0 spiro atoms. The molecule has 0 radical (unpaired) electrons. The number of hydrogen-bond donors (Lipinski definition) is 0. The van der Waals surface area contributed by atoms with Crippen LogP contribution < -0.4 is 0 Å². The highest BCUT2D eigenvalue weighted by atomic mass is 127. The lowest BCUT2D eigenvalue weighted by Crippen LogP contribution is -2.22. The SMILES string of the molecule is CCc1c(-c2ccc(C3(C)OCCO3)cc2)n(COCC[Si](C)(C)C)c2cc(C)c(Br)nc12.Cc1nc2c(nc1Br)c(I)c(-c1ccc(C3(C)OCCO3)cc1)n2COCC[Si](C)(C)C. The number of aromatic nitrogens is 5. The number of benzene rings is 2. The topological polar surface area (TPSA) is 104 Å². The summed E-state index contributed by atoms with van der Waals surface area (Å²) in [5.74, 6) is -1.34. The smallest absolute Gasteiger partial charge is 0.192 e. The van der Waals surface area contributed by atoms with Crippen molar-refractivity contribution in [2.45, 2.75) is 117 Å². The maximum Gasteiger partial charge on any atom is 0.192 e. The fraction of sp³-hybridized carbons (Fsp3) is 0.490. The van der Waals surface area contributed by atoms with Crippen molar-refractivity contribution in [3.05, 3.63) is 95.3 Å². The molecule has 0 amide bonds. The lowest BCUT2D eigenvalue weighted by atomic mass is 10.0. The van der Waals surface area contributed by atoms with Gasteiger partial charge in [0.1, 0.15) is 28.2 Å². The molecule has 0 bridgehead atoms. The van der Waals surface area contributed by atoms with Crippen LogP contribution in [0, 0.1) is 17.4 Å². The average Bonchev–Trinajstić information content (AvgIpc) is 4.03. The summed E-state index contributed by atoms with van der Waals surface area (Å²) < 4.78 is 42.9. The zero-order valence-electron chi connectivity index (χ0n) is 39.8. The maximum atomic E-state index is 6.23. The number of nitrogens with zero attached hydrogens (tertiary/aromatic N) is 5. The molecule has 2 aromatic carbocycles. The minimum absolute atomic E-state index is 0.445. The van der Waals surface area contributed by atoms with Crippen LogP contribution in [0.15, 0.2) is 63.8 Å². The number of aryl methyl sites for hydroxylation is 3. The third-order valence-corrected chi connectivity index (χ3v) is 18.0. The van der Waals surface area contributed by atoms with E-state index in [1.807, 2.05) is 20.8 Å². The van der Waals surface area contributed by atoms with E-state index in [0.717, 1.165) is 106 Å². The van der Waals surface area contributed by atoms with Crippen LogP contribution >= 0.6 is 54.5 Å². The van der Waals surface area contributed by atoms with Gasteiger partial charge in [-0.2, -0.15) is 0 Å². The minimum Gasteiger partial charge on any atom is -0.361 e. The van der Waals surface area contributed by atoms with Gasteiger partial charge in [0.15, 0.2) is 17.2 Å². The summed E-state index contributed by atoms with van der Waals surface area (Å²) in [5, 5.41) is 0. The third-order valence-electron chi connectivity index (χ3n) is 12.0. The standard InChI is InChI=1S/C26H35BrN2O3Si.C23H29BrIN3O3Si/c1-7-21-23-22(16-18(2)25(27)28-23)29(17-30-14-15-33(4,5)6)24(21)19-8-10-20(11-9-19)26(3)31-12-13-32-26;1-15-21(24)27-19-18(25)20(28(22(19)26-15)14-29-12-13-32(3,4)5)16-6-8-17(9-7-16)23(2)30-10-11-31-23/h8-11,16H,7,12-15,17H2,1-6H3;6-9H,10-14H2,1-5H3. The molecule has 0 atom stereocenters. The summed E-state index contributed by atoms with van der Waals surface area (Å²) in [6, 6.07) is 21.4. The summed E-state index contributed by atoms with van der Waals surface area (Å²) in [6.07, 6.45) is 0.891. The van der Waals surface area contributed by atoms with Crippen LogP contribution in [-0.4, -0.2) is 79.9 Å². The van der Waals surface area contributed by atoms with Crippen LogP contribution in [0.5, 0.6) is 0 Å². The molecule has 2 aliphatic heterocycles. The van der Waals surface area contributed by atoms with Gasteiger partial charge in [0.05, 0.1) is 58.1 Å². The Kier molecular flexibility index (Phi) is 16.1. The van der Waals surface area contributed by atoms with Gasteiger partial charge in [0, 0.05) is 46.1 Å². The van der Waals surface area contributed by atoms with Crippen LogP contribution in [0.2, 0.25) is 51.4 Å². The van der Waals surface area contributed by atoms with E-state index < -0.39 is 27.7 Å². The normalized spacial score (nSPS) is 16.2. The van der Waals surface area contributed by atoms with Crippen LogP contribution in [-0.2, 0) is 59.9 Å². The first-order valence-corrected chi connectivity index (χ1v) is 32.6. The zero-order valence-corrected chi connectivity index (χ0v) is 47.1. The van der Waals surface area contributed by atoms with Gasteiger partial charge in [-0.15, -0.1) is 0 Å². The molecular weight excluding hydrogens is 1100 g/mol. The fourth-order valence-electron chi connectivity index (χ4n) is 8.06. The van der Waals surface area contributed by atoms with Gasteiger partial charge in [-0.25, -0.2) is 15.0 Å². The number of halogens is 3. The van der Waals surface area contributed by atoms with Crippen molar-refractivity contribution in [2.24, 2.45) is 0 Å². The first kappa shape index (κ1) is 50.5. The fourth-order valence-corrected chi connectivity index (χ4v) is 11.1. The number of hydrogen-bond acceptors (Lipinski definition) is 9.